The summed E-state index contributed by atoms with van der Waals surface area (Å²) < 4.78 is 0. The van der Waals surface area contributed by atoms with Crippen molar-refractivity contribution in [3.8, 4) is 11.5 Å². The summed E-state index contributed by atoms with van der Waals surface area (Å²) in [5.74, 6) is 4.07. The molecule has 0 atom stereocenters. The third-order valence-electron chi connectivity index (χ3n) is 1.31. The molecule has 0 rings (SSSR count). The Morgan fingerprint density at radius 1 is 1.18 bits per heavy atom. The Bertz CT molecular complexity index is 152. The van der Waals surface area contributed by atoms with E-state index >= 15 is 0 Å². The lowest BCUT2D eigenvalue weighted by atomic mass is 10.1. The van der Waals surface area contributed by atoms with E-state index in [2.05, 4.69) is 45.0 Å². The molecule has 0 N–H and O–H groups in total. The number of hydrogen-bond acceptors (Lipinski definition) is 0. The monoisotopic (exact) mass is 168 g/mol. The molecule has 0 fully saturated rings. The van der Waals surface area contributed by atoms with Gasteiger partial charge in [0.15, 0.2) is 0 Å². The zero-order chi connectivity index (χ0) is 8.91. The minimum atomic E-state index is -1.09. The van der Waals surface area contributed by atoms with Gasteiger partial charge < -0.3 is 0 Å². The average molecular weight is 168 g/mol. The lowest BCUT2D eigenvalue weighted by molar-refractivity contribution is 0.600. The Morgan fingerprint density at radius 3 is 2.09 bits per heavy atom. The molecule has 0 nitrogen and oxygen atoms in total. The summed E-state index contributed by atoms with van der Waals surface area (Å²) in [5.41, 5.74) is 3.37. The lowest BCUT2D eigenvalue weighted by Crippen LogP contribution is -2.16. The maximum absolute atomic E-state index is 3.37. The fourth-order valence-corrected chi connectivity index (χ4v) is 1.34. The first-order valence-electron chi connectivity index (χ1n) is 4.42. The van der Waals surface area contributed by atoms with Gasteiger partial charge in [0, 0.05) is 6.42 Å². The summed E-state index contributed by atoms with van der Waals surface area (Å²) in [7, 11) is -1.09. The van der Waals surface area contributed by atoms with E-state index in [-0.39, 0.29) is 0 Å². The molecule has 0 amide bonds. The summed E-state index contributed by atoms with van der Waals surface area (Å²) >= 11 is 0. The Balaban J connectivity index is 3.57. The van der Waals surface area contributed by atoms with Crippen LogP contribution in [0.3, 0.4) is 0 Å². The molecule has 11 heavy (non-hydrogen) atoms. The van der Waals surface area contributed by atoms with Crippen molar-refractivity contribution in [3.63, 3.8) is 0 Å². The van der Waals surface area contributed by atoms with Gasteiger partial charge in [-0.1, -0.05) is 33.5 Å². The van der Waals surface area contributed by atoms with E-state index in [4.69, 9.17) is 0 Å². The van der Waals surface area contributed by atoms with E-state index in [9.17, 15) is 0 Å². The maximum Gasteiger partial charge on any atom is 0.129 e. The molecule has 0 heterocycles. The van der Waals surface area contributed by atoms with Gasteiger partial charge in [-0.25, -0.2) is 0 Å². The molecule has 0 aromatic heterocycles. The number of rotatable bonds is 2. The van der Waals surface area contributed by atoms with Crippen LogP contribution in [0.4, 0.5) is 0 Å². The molecule has 0 aromatic carbocycles. The van der Waals surface area contributed by atoms with Gasteiger partial charge in [0.25, 0.3) is 0 Å². The van der Waals surface area contributed by atoms with E-state index in [1.54, 1.807) is 0 Å². The third kappa shape index (κ3) is 9.78. The average Bonchev–Trinajstić information content (AvgIpc) is 1.78. The molecule has 0 bridgehead atoms. The maximum atomic E-state index is 3.37. The molecule has 0 aliphatic carbocycles. The van der Waals surface area contributed by atoms with Crippen LogP contribution in [0.2, 0.25) is 19.6 Å². The van der Waals surface area contributed by atoms with Gasteiger partial charge in [-0.2, -0.15) is 0 Å². The highest BCUT2D eigenvalue weighted by Crippen LogP contribution is 2.03. The van der Waals surface area contributed by atoms with E-state index < -0.39 is 8.07 Å². The van der Waals surface area contributed by atoms with Crippen LogP contribution in [0.5, 0.6) is 0 Å². The van der Waals surface area contributed by atoms with Crippen molar-refractivity contribution >= 4 is 8.07 Å². The van der Waals surface area contributed by atoms with Crippen molar-refractivity contribution in [1.82, 2.24) is 0 Å². The van der Waals surface area contributed by atoms with Gasteiger partial charge in [-0.3, -0.25) is 0 Å². The lowest BCUT2D eigenvalue weighted by Gasteiger charge is -2.03. The van der Waals surface area contributed by atoms with Crippen LogP contribution < -0.4 is 0 Å². The van der Waals surface area contributed by atoms with Crippen LogP contribution in [0.15, 0.2) is 0 Å². The van der Waals surface area contributed by atoms with E-state index in [0.29, 0.717) is 0 Å². The molecule has 0 saturated carbocycles. The Labute approximate surface area is 72.4 Å². The first kappa shape index (κ1) is 10.8. The minimum absolute atomic E-state index is 0.797. The van der Waals surface area contributed by atoms with E-state index in [1.807, 2.05) is 0 Å². The second kappa shape index (κ2) is 4.61. The van der Waals surface area contributed by atoms with Gasteiger partial charge >= 0.3 is 0 Å². The van der Waals surface area contributed by atoms with Gasteiger partial charge in [-0.15, -0.1) is 11.5 Å². The highest BCUT2D eigenvalue weighted by atomic mass is 28.3. The smallest absolute Gasteiger partial charge is 0.129 e. The highest BCUT2D eigenvalue weighted by Gasteiger charge is 2.06. The molecule has 0 unspecified atom stereocenters. The zero-order valence-electron chi connectivity index (χ0n) is 8.49. The summed E-state index contributed by atoms with van der Waals surface area (Å²) in [6, 6.07) is 0. The second-order valence-corrected chi connectivity index (χ2v) is 9.23. The minimum Gasteiger partial charge on any atom is -0.132 e. The molecule has 0 radical (unpaired) electrons. The molecule has 1 heteroatoms. The molecule has 0 aliphatic heterocycles. The summed E-state index contributed by atoms with van der Waals surface area (Å²) in [6.07, 6.45) is 2.33. The van der Waals surface area contributed by atoms with Gasteiger partial charge in [0.05, 0.1) is 0 Å². The largest absolute Gasteiger partial charge is 0.132 e. The van der Waals surface area contributed by atoms with Crippen molar-refractivity contribution in [3.05, 3.63) is 0 Å². The van der Waals surface area contributed by atoms with Crippen molar-refractivity contribution in [2.75, 3.05) is 0 Å². The second-order valence-electron chi connectivity index (χ2n) is 4.48. The van der Waals surface area contributed by atoms with Crippen LogP contribution in [0.1, 0.15) is 26.7 Å². The van der Waals surface area contributed by atoms with Crippen LogP contribution in [-0.4, -0.2) is 8.07 Å². The SMILES string of the molecule is CC(C)CCC#C[Si](C)(C)C. The fraction of sp³-hybridized carbons (Fsp3) is 0.800. The van der Waals surface area contributed by atoms with Gasteiger partial charge in [-0.05, 0) is 12.3 Å². The van der Waals surface area contributed by atoms with Crippen LogP contribution in [0, 0.1) is 17.4 Å². The number of hydrogen-bond donors (Lipinski definition) is 0. The molecular weight excluding hydrogens is 148 g/mol. The first-order valence-corrected chi connectivity index (χ1v) is 7.92. The quantitative estimate of drug-likeness (QED) is 0.438. The van der Waals surface area contributed by atoms with Gasteiger partial charge in [0.2, 0.25) is 0 Å². The predicted molar refractivity (Wildman–Crippen MR) is 55.2 cm³/mol. The molecule has 0 saturated heterocycles. The Kier molecular flexibility index (Phi) is 4.52. The topological polar surface area (TPSA) is 0 Å². The van der Waals surface area contributed by atoms with E-state index in [1.165, 1.54) is 6.42 Å². The first-order chi connectivity index (χ1) is 4.92. The normalized spacial score (nSPS) is 11.1. The van der Waals surface area contributed by atoms with Gasteiger partial charge in [0.1, 0.15) is 8.07 Å². The van der Waals surface area contributed by atoms with E-state index in [0.717, 1.165) is 12.3 Å². The summed E-state index contributed by atoms with van der Waals surface area (Å²) in [6.45, 7) is 11.4. The fourth-order valence-electron chi connectivity index (χ4n) is 0.689. The molecule has 0 aromatic rings. The van der Waals surface area contributed by atoms with Crippen molar-refractivity contribution in [1.29, 1.82) is 0 Å². The third-order valence-corrected chi connectivity index (χ3v) is 2.24. The molecule has 64 valence electrons. The Hall–Kier alpha value is -0.223. The van der Waals surface area contributed by atoms with Crippen molar-refractivity contribution < 1.29 is 0 Å². The zero-order valence-corrected chi connectivity index (χ0v) is 9.49. The summed E-state index contributed by atoms with van der Waals surface area (Å²) in [5, 5.41) is 0. The molecular formula is C10H20Si. The van der Waals surface area contributed by atoms with Crippen LogP contribution in [-0.2, 0) is 0 Å². The molecule has 0 spiro atoms. The Morgan fingerprint density at radius 2 is 1.73 bits per heavy atom. The standard InChI is InChI=1S/C10H20Si/c1-10(2)8-6-7-9-11(3,4)5/h10H,6,8H2,1-5H3. The predicted octanol–water partition coefficient (Wildman–Crippen LogP) is 3.30. The summed E-state index contributed by atoms with van der Waals surface area (Å²) in [4.78, 5) is 0. The molecule has 0 aliphatic rings. The van der Waals surface area contributed by atoms with Crippen molar-refractivity contribution in [2.24, 2.45) is 5.92 Å². The highest BCUT2D eigenvalue weighted by molar-refractivity contribution is 6.83. The van der Waals surface area contributed by atoms with Crippen LogP contribution >= 0.6 is 0 Å². The van der Waals surface area contributed by atoms with Crippen molar-refractivity contribution in [2.45, 2.75) is 46.3 Å². The van der Waals surface area contributed by atoms with Crippen LogP contribution in [0.25, 0.3) is 0 Å².